The van der Waals surface area contributed by atoms with Gasteiger partial charge in [-0.15, -0.1) is 0 Å². The molecule has 1 spiro atoms. The number of esters is 2. The highest BCUT2D eigenvalue weighted by atomic mass is 16.6. The van der Waals surface area contributed by atoms with Crippen molar-refractivity contribution in [3.05, 3.63) is 12.2 Å². The first-order chi connectivity index (χ1) is 13.3. The molecular weight excluding hydrogens is 356 g/mol. The Balaban J connectivity index is 1.44. The molecule has 9 atom stereocenters. The van der Waals surface area contributed by atoms with E-state index in [1.54, 1.807) is 0 Å². The fraction of sp³-hybridized carbons (Fsp3) is 0.783. The van der Waals surface area contributed by atoms with Gasteiger partial charge in [-0.2, -0.15) is 0 Å². The molecule has 4 aliphatic carbocycles. The Morgan fingerprint density at radius 1 is 1.18 bits per heavy atom. The lowest BCUT2D eigenvalue weighted by Crippen LogP contribution is -2.62. The van der Waals surface area contributed by atoms with Crippen LogP contribution in [-0.2, 0) is 23.9 Å². The van der Waals surface area contributed by atoms with Crippen LogP contribution in [0.5, 0.6) is 0 Å². The lowest BCUT2D eigenvalue weighted by molar-refractivity contribution is -0.202. The zero-order valence-corrected chi connectivity index (χ0v) is 16.9. The average molecular weight is 386 g/mol. The molecule has 0 radical (unpaired) electrons. The van der Waals surface area contributed by atoms with Gasteiger partial charge in [0.15, 0.2) is 5.78 Å². The van der Waals surface area contributed by atoms with Crippen molar-refractivity contribution < 1.29 is 23.9 Å². The van der Waals surface area contributed by atoms with Crippen LogP contribution >= 0.6 is 0 Å². The molecule has 3 saturated carbocycles. The molecule has 5 nitrogen and oxygen atoms in total. The quantitative estimate of drug-likeness (QED) is 0.414. The van der Waals surface area contributed by atoms with Crippen molar-refractivity contribution in [2.75, 3.05) is 0 Å². The monoisotopic (exact) mass is 386 g/mol. The fourth-order valence-corrected chi connectivity index (χ4v) is 7.02. The summed E-state index contributed by atoms with van der Waals surface area (Å²) in [4.78, 5) is 38.0. The van der Waals surface area contributed by atoms with E-state index in [0.717, 1.165) is 19.3 Å². The lowest BCUT2D eigenvalue weighted by Gasteiger charge is -2.56. The maximum absolute atomic E-state index is 12.9. The molecule has 0 N–H and O–H groups in total. The van der Waals surface area contributed by atoms with Gasteiger partial charge < -0.3 is 9.47 Å². The highest BCUT2D eigenvalue weighted by Crippen LogP contribution is 2.61. The van der Waals surface area contributed by atoms with E-state index in [4.69, 9.17) is 9.47 Å². The normalized spacial score (nSPS) is 48.7. The number of ether oxygens (including phenoxy) is 2. The second-order valence-electron chi connectivity index (χ2n) is 10.2. The number of carbonyl (C=O) groups excluding carboxylic acids is 3. The third-order valence-corrected chi connectivity index (χ3v) is 8.39. The summed E-state index contributed by atoms with van der Waals surface area (Å²) in [6, 6.07) is 0. The summed E-state index contributed by atoms with van der Waals surface area (Å²) < 4.78 is 11.5. The van der Waals surface area contributed by atoms with E-state index in [0.29, 0.717) is 36.5 Å². The summed E-state index contributed by atoms with van der Waals surface area (Å²) in [6.45, 7) is 5.89. The number of fused-ring (bicyclic) bond motifs is 5. The maximum Gasteiger partial charge on any atom is 0.320 e. The second kappa shape index (κ2) is 6.17. The van der Waals surface area contributed by atoms with E-state index in [2.05, 4.69) is 19.1 Å². The standard InChI is InChI=1S/C23H30O5/c1-11(2)21(25)28-20-12(3)6-17-16(20)5-4-13-7-14-8-15-9-19(24)23(14,10-18(13)17)22(26)27-15/h4-5,11-18,20H,6-10H2,1-3H3/t12-,13+,14+,15+,16-,17-,18-,20-,23-/m0/s1. The Morgan fingerprint density at radius 2 is 1.96 bits per heavy atom. The van der Waals surface area contributed by atoms with Crippen molar-refractivity contribution >= 4 is 17.7 Å². The van der Waals surface area contributed by atoms with Crippen LogP contribution in [0, 0.1) is 46.8 Å². The van der Waals surface area contributed by atoms with Gasteiger partial charge in [0.1, 0.15) is 17.6 Å². The van der Waals surface area contributed by atoms with Crippen LogP contribution < -0.4 is 0 Å². The van der Waals surface area contributed by atoms with E-state index in [1.807, 2.05) is 13.8 Å². The van der Waals surface area contributed by atoms with E-state index in [1.165, 1.54) is 0 Å². The van der Waals surface area contributed by atoms with E-state index >= 15 is 0 Å². The largest absolute Gasteiger partial charge is 0.461 e. The third-order valence-electron chi connectivity index (χ3n) is 8.39. The van der Waals surface area contributed by atoms with Crippen LogP contribution in [0.4, 0.5) is 0 Å². The van der Waals surface area contributed by atoms with Gasteiger partial charge in [0, 0.05) is 12.3 Å². The fourth-order valence-electron chi connectivity index (χ4n) is 7.02. The molecule has 2 bridgehead atoms. The van der Waals surface area contributed by atoms with E-state index in [9.17, 15) is 14.4 Å². The number of Topliss-reactive ketones (excluding diaryl/α,β-unsaturated/α-hetero) is 1. The molecule has 152 valence electrons. The molecule has 5 fully saturated rings. The van der Waals surface area contributed by atoms with Gasteiger partial charge in [0.2, 0.25) is 0 Å². The lowest BCUT2D eigenvalue weighted by atomic mass is 9.49. The zero-order chi connectivity index (χ0) is 19.8. The van der Waals surface area contributed by atoms with Crippen molar-refractivity contribution in [1.29, 1.82) is 0 Å². The molecule has 5 heteroatoms. The molecule has 0 unspecified atom stereocenters. The van der Waals surface area contributed by atoms with Crippen LogP contribution in [0.25, 0.3) is 0 Å². The predicted octanol–water partition coefficient (Wildman–Crippen LogP) is 3.31. The molecule has 0 amide bonds. The molecule has 0 aromatic rings. The van der Waals surface area contributed by atoms with Gasteiger partial charge in [0.05, 0.1) is 5.92 Å². The van der Waals surface area contributed by atoms with Gasteiger partial charge >= 0.3 is 11.9 Å². The molecule has 2 aliphatic heterocycles. The minimum atomic E-state index is -0.901. The summed E-state index contributed by atoms with van der Waals surface area (Å²) in [5, 5.41) is 0. The Labute approximate surface area is 166 Å². The minimum absolute atomic E-state index is 0.0999. The third kappa shape index (κ3) is 2.40. The zero-order valence-electron chi connectivity index (χ0n) is 16.9. The highest BCUT2D eigenvalue weighted by Gasteiger charge is 2.66. The van der Waals surface area contributed by atoms with Gasteiger partial charge in [-0.25, -0.2) is 0 Å². The van der Waals surface area contributed by atoms with Gasteiger partial charge in [-0.1, -0.05) is 32.9 Å². The van der Waals surface area contributed by atoms with Crippen LogP contribution in [0.1, 0.15) is 52.9 Å². The summed E-state index contributed by atoms with van der Waals surface area (Å²) in [6.07, 6.45) is 8.02. The van der Waals surface area contributed by atoms with Crippen LogP contribution in [0.15, 0.2) is 12.2 Å². The van der Waals surface area contributed by atoms with E-state index < -0.39 is 5.41 Å². The topological polar surface area (TPSA) is 69.7 Å². The number of ketones is 1. The SMILES string of the molecule is CC(C)C(=O)O[C@@H]1[C@H]2C=C[C@@H]3C[C@@H]4C[C@@H]5CC(=O)[C@@]4(C[C@@H]3[C@H]2C[C@@H]1C)C(=O)O5. The highest BCUT2D eigenvalue weighted by molar-refractivity contribution is 6.07. The molecule has 2 saturated heterocycles. The molecule has 6 rings (SSSR count). The summed E-state index contributed by atoms with van der Waals surface area (Å²) >= 11 is 0. The molecule has 6 aliphatic rings. The first kappa shape index (κ1) is 18.4. The maximum atomic E-state index is 12.9. The van der Waals surface area contributed by atoms with Crippen molar-refractivity contribution in [1.82, 2.24) is 0 Å². The molecule has 0 aromatic carbocycles. The van der Waals surface area contributed by atoms with Crippen LogP contribution in [-0.4, -0.2) is 29.9 Å². The average Bonchev–Trinajstić information content (AvgIpc) is 2.95. The summed E-state index contributed by atoms with van der Waals surface area (Å²) in [5.41, 5.74) is -0.901. The Bertz CT molecular complexity index is 734. The number of allylic oxidation sites excluding steroid dienone is 1. The molecule has 28 heavy (non-hydrogen) atoms. The number of hydrogen-bond acceptors (Lipinski definition) is 5. The van der Waals surface area contributed by atoms with Gasteiger partial charge in [-0.3, -0.25) is 14.4 Å². The minimum Gasteiger partial charge on any atom is -0.461 e. The van der Waals surface area contributed by atoms with Crippen molar-refractivity contribution in [3.8, 4) is 0 Å². The first-order valence-electron chi connectivity index (χ1n) is 10.9. The second-order valence-corrected chi connectivity index (χ2v) is 10.2. The smallest absolute Gasteiger partial charge is 0.320 e. The summed E-state index contributed by atoms with van der Waals surface area (Å²) in [7, 11) is 0. The van der Waals surface area contributed by atoms with Gasteiger partial charge in [0.25, 0.3) is 0 Å². The van der Waals surface area contributed by atoms with Crippen molar-refractivity contribution in [2.45, 2.75) is 65.1 Å². The Morgan fingerprint density at radius 3 is 2.68 bits per heavy atom. The molecule has 2 heterocycles. The van der Waals surface area contributed by atoms with Crippen LogP contribution in [0.2, 0.25) is 0 Å². The predicted molar refractivity (Wildman–Crippen MR) is 101 cm³/mol. The molecule has 0 aromatic heterocycles. The Kier molecular flexibility index (Phi) is 4.05. The molecular formula is C23H30O5. The van der Waals surface area contributed by atoms with Crippen molar-refractivity contribution in [3.63, 3.8) is 0 Å². The Hall–Kier alpha value is -1.65. The first-order valence-corrected chi connectivity index (χ1v) is 10.9. The number of hydrogen-bond donors (Lipinski definition) is 0. The van der Waals surface area contributed by atoms with Crippen molar-refractivity contribution in [2.24, 2.45) is 46.8 Å². The van der Waals surface area contributed by atoms with Crippen LogP contribution in [0.3, 0.4) is 0 Å². The number of carbonyl (C=O) groups is 3. The van der Waals surface area contributed by atoms with Gasteiger partial charge in [-0.05, 0) is 55.3 Å². The number of rotatable bonds is 2. The van der Waals surface area contributed by atoms with E-state index in [-0.39, 0.29) is 47.7 Å². The summed E-state index contributed by atoms with van der Waals surface area (Å²) in [5.74, 6) is 1.28.